The fourth-order valence-electron chi connectivity index (χ4n) is 1.87. The van der Waals surface area contributed by atoms with E-state index in [0.717, 1.165) is 14.9 Å². The minimum atomic E-state index is -0.119. The number of nitrogens with one attached hydrogen (secondary N) is 1. The van der Waals surface area contributed by atoms with Crippen LogP contribution in [0, 0.1) is 3.57 Å². The molecule has 9 heteroatoms. The van der Waals surface area contributed by atoms with E-state index in [9.17, 15) is 4.79 Å². The molecule has 3 rings (SSSR count). The van der Waals surface area contributed by atoms with E-state index in [1.807, 2.05) is 36.4 Å². The molecule has 1 aromatic heterocycles. The van der Waals surface area contributed by atoms with Crippen molar-refractivity contribution in [2.45, 2.75) is 5.16 Å². The smallest absolute Gasteiger partial charge is 0.234 e. The molecule has 0 aliphatic carbocycles. The van der Waals surface area contributed by atoms with Gasteiger partial charge in [-0.2, -0.15) is 4.68 Å². The van der Waals surface area contributed by atoms with E-state index >= 15 is 0 Å². The second-order valence-corrected chi connectivity index (χ2v) is 7.32. The number of thioether (sulfide) groups is 1. The minimum Gasteiger partial charge on any atom is -0.325 e. The predicted molar refractivity (Wildman–Crippen MR) is 103 cm³/mol. The Morgan fingerprint density at radius 1 is 1.17 bits per heavy atom. The van der Waals surface area contributed by atoms with Gasteiger partial charge < -0.3 is 5.32 Å². The van der Waals surface area contributed by atoms with Crippen molar-refractivity contribution in [2.75, 3.05) is 11.1 Å². The molecule has 1 heterocycles. The zero-order chi connectivity index (χ0) is 16.9. The SMILES string of the molecule is O=C(CSc1nnnn1-c1ccc(Cl)cc1)Nc1ccc(I)cc1. The van der Waals surface area contributed by atoms with Crippen LogP contribution in [0.2, 0.25) is 5.02 Å². The summed E-state index contributed by atoms with van der Waals surface area (Å²) in [6, 6.07) is 14.7. The van der Waals surface area contributed by atoms with E-state index < -0.39 is 0 Å². The zero-order valence-electron chi connectivity index (χ0n) is 12.2. The number of tetrazole rings is 1. The quantitative estimate of drug-likeness (QED) is 0.454. The van der Waals surface area contributed by atoms with Crippen molar-refractivity contribution in [1.29, 1.82) is 0 Å². The normalized spacial score (nSPS) is 10.6. The highest BCUT2D eigenvalue weighted by molar-refractivity contribution is 14.1. The maximum atomic E-state index is 12.1. The van der Waals surface area contributed by atoms with Crippen LogP contribution in [0.3, 0.4) is 0 Å². The Balaban J connectivity index is 1.63. The first-order valence-corrected chi connectivity index (χ1v) is 9.28. The standard InChI is InChI=1S/C15H11ClIN5OS/c16-10-1-7-13(8-2-10)22-15(19-20-21-22)24-9-14(23)18-12-5-3-11(17)4-6-12/h1-8H,9H2,(H,18,23). The molecule has 3 aromatic rings. The molecule has 0 bridgehead atoms. The van der Waals surface area contributed by atoms with Gasteiger partial charge in [0.05, 0.1) is 11.4 Å². The molecular formula is C15H11ClIN5OS. The van der Waals surface area contributed by atoms with Crippen LogP contribution in [-0.2, 0) is 4.79 Å². The molecule has 0 atom stereocenters. The topological polar surface area (TPSA) is 72.7 Å². The minimum absolute atomic E-state index is 0.119. The second-order valence-electron chi connectivity index (χ2n) is 4.69. The third-order valence-corrected chi connectivity index (χ3v) is 4.86. The molecule has 1 amide bonds. The number of aromatic nitrogens is 4. The van der Waals surface area contributed by atoms with E-state index in [0.29, 0.717) is 10.2 Å². The average Bonchev–Trinajstić information content (AvgIpc) is 3.04. The molecule has 1 N–H and O–H groups in total. The molecule has 0 fully saturated rings. The van der Waals surface area contributed by atoms with Gasteiger partial charge in [-0.25, -0.2) is 0 Å². The Kier molecular flexibility index (Phi) is 5.69. The Morgan fingerprint density at radius 2 is 1.88 bits per heavy atom. The van der Waals surface area contributed by atoms with Crippen molar-refractivity contribution in [3.8, 4) is 5.69 Å². The van der Waals surface area contributed by atoms with Crippen LogP contribution >= 0.6 is 46.0 Å². The van der Waals surface area contributed by atoms with E-state index in [4.69, 9.17) is 11.6 Å². The van der Waals surface area contributed by atoms with Crippen molar-refractivity contribution in [1.82, 2.24) is 20.2 Å². The van der Waals surface area contributed by atoms with Crippen LogP contribution in [0.5, 0.6) is 0 Å². The molecule has 0 radical (unpaired) electrons. The maximum Gasteiger partial charge on any atom is 0.234 e. The summed E-state index contributed by atoms with van der Waals surface area (Å²) in [4.78, 5) is 12.1. The Bertz CT molecular complexity index is 838. The molecule has 2 aromatic carbocycles. The van der Waals surface area contributed by atoms with Gasteiger partial charge >= 0.3 is 0 Å². The fourth-order valence-corrected chi connectivity index (χ4v) is 3.05. The number of anilines is 1. The number of hydrogen-bond donors (Lipinski definition) is 1. The number of amides is 1. The van der Waals surface area contributed by atoms with Crippen LogP contribution in [0.4, 0.5) is 5.69 Å². The van der Waals surface area contributed by atoms with Gasteiger partial charge in [0.1, 0.15) is 0 Å². The lowest BCUT2D eigenvalue weighted by Crippen LogP contribution is -2.14. The number of benzene rings is 2. The summed E-state index contributed by atoms with van der Waals surface area (Å²) in [5.41, 5.74) is 1.54. The van der Waals surface area contributed by atoms with Gasteiger partial charge in [0, 0.05) is 14.3 Å². The Morgan fingerprint density at radius 3 is 2.58 bits per heavy atom. The van der Waals surface area contributed by atoms with Gasteiger partial charge in [0.15, 0.2) is 0 Å². The fraction of sp³-hybridized carbons (Fsp3) is 0.0667. The predicted octanol–water partition coefficient (Wildman–Crippen LogP) is 3.65. The molecule has 122 valence electrons. The average molecular weight is 472 g/mol. The van der Waals surface area contributed by atoms with Gasteiger partial charge in [0.25, 0.3) is 0 Å². The number of halogens is 2. The molecule has 0 aliphatic rings. The van der Waals surface area contributed by atoms with Crippen LogP contribution in [-0.4, -0.2) is 31.9 Å². The highest BCUT2D eigenvalue weighted by Crippen LogP contribution is 2.20. The van der Waals surface area contributed by atoms with Crippen molar-refractivity contribution < 1.29 is 4.79 Å². The summed E-state index contributed by atoms with van der Waals surface area (Å²) < 4.78 is 2.68. The highest BCUT2D eigenvalue weighted by atomic mass is 127. The van der Waals surface area contributed by atoms with Crippen LogP contribution < -0.4 is 5.32 Å². The molecule has 0 spiro atoms. The van der Waals surface area contributed by atoms with Gasteiger partial charge in [0.2, 0.25) is 11.1 Å². The number of nitrogens with zero attached hydrogens (tertiary/aromatic N) is 4. The van der Waals surface area contributed by atoms with Crippen molar-refractivity contribution in [2.24, 2.45) is 0 Å². The largest absolute Gasteiger partial charge is 0.325 e. The van der Waals surface area contributed by atoms with E-state index in [-0.39, 0.29) is 11.7 Å². The lowest BCUT2D eigenvalue weighted by Gasteiger charge is -2.06. The third-order valence-electron chi connectivity index (χ3n) is 2.97. The van der Waals surface area contributed by atoms with Crippen LogP contribution in [0.15, 0.2) is 53.7 Å². The van der Waals surface area contributed by atoms with Gasteiger partial charge in [-0.05, 0) is 81.5 Å². The molecule has 24 heavy (non-hydrogen) atoms. The molecule has 0 saturated carbocycles. The number of carbonyl (C=O) groups excluding carboxylic acids is 1. The van der Waals surface area contributed by atoms with E-state index in [2.05, 4.69) is 43.4 Å². The maximum absolute atomic E-state index is 12.1. The van der Waals surface area contributed by atoms with E-state index in [1.54, 1.807) is 16.8 Å². The Hall–Kier alpha value is -1.65. The summed E-state index contributed by atoms with van der Waals surface area (Å²) in [7, 11) is 0. The van der Waals surface area contributed by atoms with Crippen LogP contribution in [0.1, 0.15) is 0 Å². The van der Waals surface area contributed by atoms with Crippen molar-refractivity contribution >= 4 is 57.5 Å². The first-order chi connectivity index (χ1) is 11.6. The van der Waals surface area contributed by atoms with Crippen molar-refractivity contribution in [3.63, 3.8) is 0 Å². The molecule has 0 unspecified atom stereocenters. The Labute approximate surface area is 161 Å². The molecule has 0 saturated heterocycles. The molecular weight excluding hydrogens is 461 g/mol. The zero-order valence-corrected chi connectivity index (χ0v) is 15.9. The monoisotopic (exact) mass is 471 g/mol. The van der Waals surface area contributed by atoms with E-state index in [1.165, 1.54) is 11.8 Å². The lowest BCUT2D eigenvalue weighted by molar-refractivity contribution is -0.113. The highest BCUT2D eigenvalue weighted by Gasteiger charge is 2.11. The molecule has 0 aliphatic heterocycles. The third kappa shape index (κ3) is 4.46. The number of hydrogen-bond acceptors (Lipinski definition) is 5. The summed E-state index contributed by atoms with van der Waals surface area (Å²) in [6.45, 7) is 0. The summed E-state index contributed by atoms with van der Waals surface area (Å²) >= 11 is 9.36. The number of carbonyl (C=O) groups is 1. The second kappa shape index (κ2) is 7.95. The lowest BCUT2D eigenvalue weighted by atomic mass is 10.3. The number of rotatable bonds is 5. The van der Waals surface area contributed by atoms with Crippen molar-refractivity contribution in [3.05, 3.63) is 57.1 Å². The van der Waals surface area contributed by atoms with Crippen LogP contribution in [0.25, 0.3) is 5.69 Å². The molecule has 6 nitrogen and oxygen atoms in total. The van der Waals surface area contributed by atoms with Gasteiger partial charge in [-0.3, -0.25) is 4.79 Å². The first-order valence-electron chi connectivity index (χ1n) is 6.84. The first kappa shape index (κ1) is 17.2. The van der Waals surface area contributed by atoms with Gasteiger partial charge in [-0.15, -0.1) is 5.10 Å². The summed E-state index contributed by atoms with van der Waals surface area (Å²) in [5.74, 6) is 0.0896. The summed E-state index contributed by atoms with van der Waals surface area (Å²) in [5, 5.41) is 15.6. The van der Waals surface area contributed by atoms with Gasteiger partial charge in [-0.1, -0.05) is 23.4 Å². The summed E-state index contributed by atoms with van der Waals surface area (Å²) in [6.07, 6.45) is 0.